The van der Waals surface area contributed by atoms with Crippen molar-refractivity contribution in [1.29, 1.82) is 0 Å². The van der Waals surface area contributed by atoms with Gasteiger partial charge in [-0.1, -0.05) is 12.1 Å². The summed E-state index contributed by atoms with van der Waals surface area (Å²) in [6.45, 7) is 2.53. The van der Waals surface area contributed by atoms with Gasteiger partial charge in [0.25, 0.3) is 0 Å². The molecule has 1 N–H and O–H groups in total. The normalized spacial score (nSPS) is 17.5. The maximum Gasteiger partial charge on any atom is 0.301 e. The van der Waals surface area contributed by atoms with Gasteiger partial charge in [-0.3, -0.25) is 4.72 Å². The molecular formula is C21H25N5O3S. The van der Waals surface area contributed by atoms with Crippen LogP contribution in [0, 0.1) is 0 Å². The van der Waals surface area contributed by atoms with Crippen molar-refractivity contribution < 1.29 is 13.2 Å². The number of aryl methyl sites for hydroxylation is 1. The van der Waals surface area contributed by atoms with Gasteiger partial charge in [-0.05, 0) is 29.7 Å². The maximum atomic E-state index is 13.0. The minimum atomic E-state index is -3.68. The van der Waals surface area contributed by atoms with Gasteiger partial charge in [0.15, 0.2) is 0 Å². The lowest BCUT2D eigenvalue weighted by Crippen LogP contribution is -2.43. The minimum Gasteiger partial charge on any atom is -0.379 e. The van der Waals surface area contributed by atoms with E-state index in [1.54, 1.807) is 12.3 Å². The Morgan fingerprint density at radius 3 is 2.70 bits per heavy atom. The first kappa shape index (κ1) is 19.3. The summed E-state index contributed by atoms with van der Waals surface area (Å²) < 4.78 is 37.4. The number of pyridine rings is 1. The van der Waals surface area contributed by atoms with Gasteiger partial charge in [0, 0.05) is 57.4 Å². The van der Waals surface area contributed by atoms with Crippen LogP contribution in [-0.4, -0.2) is 62.2 Å². The molecular weight excluding hydrogens is 402 g/mol. The van der Waals surface area contributed by atoms with Crippen LogP contribution in [0.4, 0.5) is 11.4 Å². The fourth-order valence-corrected chi connectivity index (χ4v) is 5.51. The number of hydrogen-bond acceptors (Lipinski definition) is 5. The lowest BCUT2D eigenvalue weighted by molar-refractivity contribution is 0.0733. The van der Waals surface area contributed by atoms with Crippen LogP contribution in [0.2, 0.25) is 0 Å². The molecule has 1 saturated heterocycles. The summed E-state index contributed by atoms with van der Waals surface area (Å²) in [5.74, 6) is 0. The molecule has 0 radical (unpaired) electrons. The predicted molar refractivity (Wildman–Crippen MR) is 118 cm³/mol. The molecule has 2 aromatic heterocycles. The van der Waals surface area contributed by atoms with Crippen molar-refractivity contribution in [2.24, 2.45) is 7.05 Å². The van der Waals surface area contributed by atoms with Crippen LogP contribution in [0.15, 0.2) is 36.7 Å². The first-order valence-corrected chi connectivity index (χ1v) is 11.5. The van der Waals surface area contributed by atoms with Crippen molar-refractivity contribution in [1.82, 2.24) is 13.9 Å². The smallest absolute Gasteiger partial charge is 0.301 e. The number of nitrogens with zero attached hydrogens (tertiary/aromatic N) is 4. The van der Waals surface area contributed by atoms with Crippen molar-refractivity contribution in [3.05, 3.63) is 42.2 Å². The molecule has 5 rings (SSSR count). The van der Waals surface area contributed by atoms with Crippen LogP contribution < -0.4 is 9.62 Å². The largest absolute Gasteiger partial charge is 0.379 e. The first-order chi connectivity index (χ1) is 14.4. The molecule has 0 bridgehead atoms. The lowest BCUT2D eigenvalue weighted by Gasteiger charge is -2.26. The number of hydrogen-bond donors (Lipinski definition) is 1. The molecule has 158 valence electrons. The number of fused-ring (bicyclic) bond motifs is 2. The van der Waals surface area contributed by atoms with Crippen LogP contribution in [-0.2, 0) is 28.4 Å². The van der Waals surface area contributed by atoms with Gasteiger partial charge in [0.05, 0.1) is 24.3 Å². The van der Waals surface area contributed by atoms with Gasteiger partial charge in [-0.25, -0.2) is 4.98 Å². The standard InChI is InChI=1S/C21H25N5O3S/c1-24-8-6-15-3-4-16(13-19(15)24)17-14-25(2)21-20(17)18(5-7-22-21)23-30(27,28)26-9-11-29-12-10-26/h3-5,7,13-14H,6,8-12H2,1-2H3,(H,22,23). The van der Waals surface area contributed by atoms with Gasteiger partial charge >= 0.3 is 10.2 Å². The highest BCUT2D eigenvalue weighted by Gasteiger charge is 2.26. The highest BCUT2D eigenvalue weighted by molar-refractivity contribution is 7.90. The third-order valence-electron chi connectivity index (χ3n) is 5.93. The maximum absolute atomic E-state index is 13.0. The molecule has 2 aliphatic heterocycles. The Balaban J connectivity index is 1.60. The van der Waals surface area contributed by atoms with Gasteiger partial charge in [0.1, 0.15) is 5.65 Å². The number of anilines is 2. The van der Waals surface area contributed by atoms with E-state index in [-0.39, 0.29) is 0 Å². The van der Waals surface area contributed by atoms with E-state index in [1.807, 2.05) is 17.8 Å². The van der Waals surface area contributed by atoms with E-state index in [4.69, 9.17) is 4.74 Å². The fraction of sp³-hybridized carbons (Fsp3) is 0.381. The lowest BCUT2D eigenvalue weighted by atomic mass is 10.0. The van der Waals surface area contributed by atoms with E-state index in [2.05, 4.69) is 39.9 Å². The number of aromatic nitrogens is 2. The van der Waals surface area contributed by atoms with Crippen LogP contribution in [0.1, 0.15) is 5.56 Å². The van der Waals surface area contributed by atoms with Crippen LogP contribution in [0.25, 0.3) is 22.2 Å². The number of rotatable bonds is 4. The molecule has 0 aliphatic carbocycles. The molecule has 0 spiro atoms. The van der Waals surface area contributed by atoms with Crippen molar-refractivity contribution >= 4 is 32.6 Å². The zero-order valence-electron chi connectivity index (χ0n) is 17.1. The average Bonchev–Trinajstić information content (AvgIpc) is 3.29. The van der Waals surface area contributed by atoms with Crippen molar-refractivity contribution in [3.63, 3.8) is 0 Å². The molecule has 8 nitrogen and oxygen atoms in total. The molecule has 0 amide bonds. The summed E-state index contributed by atoms with van der Waals surface area (Å²) in [6.07, 6.45) is 4.70. The monoisotopic (exact) mass is 427 g/mol. The molecule has 2 aliphatic rings. The number of benzene rings is 1. The van der Waals surface area contributed by atoms with E-state index in [1.165, 1.54) is 15.6 Å². The Hall–Kier alpha value is -2.62. The first-order valence-electron chi connectivity index (χ1n) is 10.1. The molecule has 0 unspecified atom stereocenters. The highest BCUT2D eigenvalue weighted by Crippen LogP contribution is 2.38. The SMILES string of the molecule is CN1CCc2ccc(-c3cn(C)c4nccc(NS(=O)(=O)N5CCOCC5)c34)cc21. The Labute approximate surface area is 176 Å². The van der Waals surface area contributed by atoms with Gasteiger partial charge < -0.3 is 14.2 Å². The zero-order valence-corrected chi connectivity index (χ0v) is 17.9. The third-order valence-corrected chi connectivity index (χ3v) is 7.45. The second kappa shape index (κ2) is 7.26. The molecule has 1 fully saturated rings. The molecule has 30 heavy (non-hydrogen) atoms. The fourth-order valence-electron chi connectivity index (χ4n) is 4.30. The molecule has 9 heteroatoms. The summed E-state index contributed by atoms with van der Waals surface area (Å²) in [5.41, 5.74) is 5.85. The summed E-state index contributed by atoms with van der Waals surface area (Å²) >= 11 is 0. The summed E-state index contributed by atoms with van der Waals surface area (Å²) in [4.78, 5) is 6.76. The average molecular weight is 428 g/mol. The van der Waals surface area contributed by atoms with Crippen molar-refractivity contribution in [2.45, 2.75) is 6.42 Å². The van der Waals surface area contributed by atoms with Gasteiger partial charge in [-0.2, -0.15) is 12.7 Å². The Kier molecular flexibility index (Phi) is 4.68. The topological polar surface area (TPSA) is 79.7 Å². The second-order valence-electron chi connectivity index (χ2n) is 7.84. The van der Waals surface area contributed by atoms with Gasteiger partial charge in [0.2, 0.25) is 0 Å². The molecule has 4 heterocycles. The molecule has 0 atom stereocenters. The van der Waals surface area contributed by atoms with E-state index >= 15 is 0 Å². The highest BCUT2D eigenvalue weighted by atomic mass is 32.2. The number of nitrogens with one attached hydrogen (secondary N) is 1. The molecule has 1 aromatic carbocycles. The van der Waals surface area contributed by atoms with Crippen LogP contribution in [0.3, 0.4) is 0 Å². The quantitative estimate of drug-likeness (QED) is 0.691. The number of morpholine rings is 1. The van der Waals surface area contributed by atoms with E-state index in [0.29, 0.717) is 32.0 Å². The van der Waals surface area contributed by atoms with Gasteiger partial charge in [-0.15, -0.1) is 0 Å². The number of ether oxygens (including phenoxy) is 1. The predicted octanol–water partition coefficient (Wildman–Crippen LogP) is 2.22. The van der Waals surface area contributed by atoms with E-state index in [0.717, 1.165) is 35.1 Å². The van der Waals surface area contributed by atoms with E-state index in [9.17, 15) is 8.42 Å². The Morgan fingerprint density at radius 2 is 1.90 bits per heavy atom. The molecule has 3 aromatic rings. The number of likely N-dealkylation sites (N-methyl/N-ethyl adjacent to an activating group) is 1. The third kappa shape index (κ3) is 3.23. The molecule has 0 saturated carbocycles. The van der Waals surface area contributed by atoms with Crippen molar-refractivity contribution in [3.8, 4) is 11.1 Å². The zero-order chi connectivity index (χ0) is 20.9. The van der Waals surface area contributed by atoms with Crippen LogP contribution >= 0.6 is 0 Å². The Morgan fingerprint density at radius 1 is 1.10 bits per heavy atom. The Bertz CT molecular complexity index is 1210. The summed E-state index contributed by atoms with van der Waals surface area (Å²) in [5, 5.41) is 0.803. The summed E-state index contributed by atoms with van der Waals surface area (Å²) in [6, 6.07) is 8.19. The summed E-state index contributed by atoms with van der Waals surface area (Å²) in [7, 11) is 0.351. The van der Waals surface area contributed by atoms with Crippen molar-refractivity contribution in [2.75, 3.05) is 49.5 Å². The van der Waals surface area contributed by atoms with E-state index < -0.39 is 10.2 Å². The minimum absolute atomic E-state index is 0.350. The van der Waals surface area contributed by atoms with Crippen LogP contribution in [0.5, 0.6) is 0 Å². The second-order valence-corrected chi connectivity index (χ2v) is 9.52.